The predicted octanol–water partition coefficient (Wildman–Crippen LogP) is 3.42. The molecule has 0 radical (unpaired) electrons. The third-order valence-electron chi connectivity index (χ3n) is 5.30. The van der Waals surface area contributed by atoms with Crippen molar-refractivity contribution in [1.29, 1.82) is 0 Å². The van der Waals surface area contributed by atoms with Gasteiger partial charge in [0.25, 0.3) is 5.56 Å². The average Bonchev–Trinajstić information content (AvgIpc) is 3.00. The van der Waals surface area contributed by atoms with Crippen LogP contribution in [-0.2, 0) is 35.5 Å². The summed E-state index contributed by atoms with van der Waals surface area (Å²) in [5.41, 5.74) is 3.51. The highest BCUT2D eigenvalue weighted by Gasteiger charge is 2.38. The van der Waals surface area contributed by atoms with Crippen molar-refractivity contribution in [2.45, 2.75) is 38.3 Å². The van der Waals surface area contributed by atoms with Gasteiger partial charge in [-0.15, -0.1) is 0 Å². The minimum Gasteiger partial charge on any atom is -0.475 e. The minimum absolute atomic E-state index is 0.0826. The van der Waals surface area contributed by atoms with Gasteiger partial charge in [-0.1, -0.05) is 18.2 Å². The van der Waals surface area contributed by atoms with Crippen molar-refractivity contribution >= 4 is 11.9 Å². The zero-order valence-electron chi connectivity index (χ0n) is 21.0. The first-order chi connectivity index (χ1) is 17.9. The van der Waals surface area contributed by atoms with Crippen molar-refractivity contribution in [3.63, 3.8) is 0 Å². The standard InChI is InChI=1S/C20H26FN3O.2C2HF3O2/c1-22(2)12-13-24-19-9-11-23(10-8-17(19)6-7-20(24)25)15-16-4-3-5-18(21)14-16;2*3-2(4,5)1(6)7/h3-7,14H,8-13,15H2,1-2H3;2*(H,6,7). The molecule has 0 saturated heterocycles. The Kier molecular flexibility index (Phi) is 12.6. The van der Waals surface area contributed by atoms with Gasteiger partial charge in [0.2, 0.25) is 0 Å². The number of hydrogen-bond acceptors (Lipinski definition) is 5. The Morgan fingerprint density at radius 2 is 1.46 bits per heavy atom. The van der Waals surface area contributed by atoms with Gasteiger partial charge in [0.05, 0.1) is 0 Å². The lowest BCUT2D eigenvalue weighted by atomic mass is 10.1. The van der Waals surface area contributed by atoms with Crippen LogP contribution in [0.4, 0.5) is 30.7 Å². The molecule has 2 aromatic rings. The Labute approximate surface area is 218 Å². The maximum atomic E-state index is 13.4. The highest BCUT2D eigenvalue weighted by molar-refractivity contribution is 5.73. The van der Waals surface area contributed by atoms with Crippen LogP contribution in [0.25, 0.3) is 0 Å². The number of carboxylic acids is 2. The van der Waals surface area contributed by atoms with Crippen LogP contribution >= 0.6 is 0 Å². The number of likely N-dealkylation sites (N-methyl/N-ethyl adjacent to an activating group) is 1. The third-order valence-corrected chi connectivity index (χ3v) is 5.30. The summed E-state index contributed by atoms with van der Waals surface area (Å²) >= 11 is 0. The number of hydrogen-bond donors (Lipinski definition) is 2. The first-order valence-corrected chi connectivity index (χ1v) is 11.3. The van der Waals surface area contributed by atoms with E-state index in [1.807, 2.05) is 30.8 Å². The fourth-order valence-corrected chi connectivity index (χ4v) is 3.44. The van der Waals surface area contributed by atoms with Crippen molar-refractivity contribution < 1.29 is 50.5 Å². The van der Waals surface area contributed by atoms with E-state index in [4.69, 9.17) is 19.8 Å². The van der Waals surface area contributed by atoms with Gasteiger partial charge in [-0.25, -0.2) is 14.0 Å². The Bertz CT molecular complexity index is 1140. The summed E-state index contributed by atoms with van der Waals surface area (Å²) in [4.78, 5) is 34.5. The van der Waals surface area contributed by atoms with E-state index in [1.165, 1.54) is 11.6 Å². The monoisotopic (exact) mass is 571 g/mol. The van der Waals surface area contributed by atoms with Gasteiger partial charge in [-0.3, -0.25) is 9.69 Å². The fourth-order valence-electron chi connectivity index (χ4n) is 3.44. The van der Waals surface area contributed by atoms with E-state index in [-0.39, 0.29) is 11.4 Å². The number of rotatable bonds is 5. The van der Waals surface area contributed by atoms with Crippen LogP contribution in [0, 0.1) is 5.82 Å². The van der Waals surface area contributed by atoms with E-state index in [0.717, 1.165) is 56.8 Å². The number of nitrogens with zero attached hydrogens (tertiary/aromatic N) is 3. The molecule has 3 rings (SSSR count). The zero-order chi connectivity index (χ0) is 30.0. The lowest BCUT2D eigenvalue weighted by Gasteiger charge is -2.20. The Morgan fingerprint density at radius 3 is 1.95 bits per heavy atom. The first-order valence-electron chi connectivity index (χ1n) is 11.3. The normalized spacial score (nSPS) is 13.8. The van der Waals surface area contributed by atoms with Crippen LogP contribution in [0.5, 0.6) is 0 Å². The lowest BCUT2D eigenvalue weighted by molar-refractivity contribution is -0.193. The van der Waals surface area contributed by atoms with E-state index in [1.54, 1.807) is 18.2 Å². The number of benzene rings is 1. The topological polar surface area (TPSA) is 103 Å². The number of carbonyl (C=O) groups is 2. The highest BCUT2D eigenvalue weighted by atomic mass is 19.4. The molecule has 0 bridgehead atoms. The molecule has 0 aliphatic carbocycles. The van der Waals surface area contributed by atoms with Crippen molar-refractivity contribution in [3.8, 4) is 0 Å². The molecular formula is C24H28F7N3O5. The molecular weight excluding hydrogens is 543 g/mol. The number of pyridine rings is 1. The van der Waals surface area contributed by atoms with Gasteiger partial charge in [0.15, 0.2) is 0 Å². The molecule has 39 heavy (non-hydrogen) atoms. The second-order valence-corrected chi connectivity index (χ2v) is 8.61. The zero-order valence-corrected chi connectivity index (χ0v) is 21.0. The van der Waals surface area contributed by atoms with Crippen LogP contribution in [0.1, 0.15) is 16.8 Å². The lowest BCUT2D eigenvalue weighted by Crippen LogP contribution is -2.30. The van der Waals surface area contributed by atoms with Gasteiger partial charge >= 0.3 is 24.3 Å². The summed E-state index contributed by atoms with van der Waals surface area (Å²) < 4.78 is 78.8. The van der Waals surface area contributed by atoms with Gasteiger partial charge in [0, 0.05) is 50.9 Å². The van der Waals surface area contributed by atoms with Crippen molar-refractivity contribution in [2.24, 2.45) is 0 Å². The summed E-state index contributed by atoms with van der Waals surface area (Å²) in [6.45, 7) is 4.13. The van der Waals surface area contributed by atoms with Crippen LogP contribution in [0.2, 0.25) is 0 Å². The molecule has 0 unspecified atom stereocenters. The van der Waals surface area contributed by atoms with Crippen molar-refractivity contribution in [2.75, 3.05) is 33.7 Å². The molecule has 1 aromatic carbocycles. The van der Waals surface area contributed by atoms with Crippen LogP contribution in [0.3, 0.4) is 0 Å². The SMILES string of the molecule is CN(C)CCn1c2c(ccc1=O)CCN(Cc1cccc(F)c1)CC2.O=C(O)C(F)(F)F.O=C(O)C(F)(F)F. The van der Waals surface area contributed by atoms with Crippen molar-refractivity contribution in [3.05, 3.63) is 69.4 Å². The Hall–Kier alpha value is -3.46. The molecule has 218 valence electrons. The molecule has 15 heteroatoms. The van der Waals surface area contributed by atoms with E-state index in [2.05, 4.69) is 9.80 Å². The smallest absolute Gasteiger partial charge is 0.475 e. The van der Waals surface area contributed by atoms with Gasteiger partial charge in [0.1, 0.15) is 5.82 Å². The molecule has 8 nitrogen and oxygen atoms in total. The molecule has 0 fully saturated rings. The minimum atomic E-state index is -5.08. The number of aromatic nitrogens is 1. The molecule has 1 aromatic heterocycles. The largest absolute Gasteiger partial charge is 0.490 e. The molecule has 0 amide bonds. The summed E-state index contributed by atoms with van der Waals surface area (Å²) in [6, 6.07) is 10.5. The maximum absolute atomic E-state index is 13.4. The first kappa shape index (κ1) is 33.6. The Balaban J connectivity index is 0.000000449. The second kappa shape index (κ2) is 14.6. The Morgan fingerprint density at radius 1 is 0.923 bits per heavy atom. The van der Waals surface area contributed by atoms with Crippen molar-refractivity contribution in [1.82, 2.24) is 14.4 Å². The van der Waals surface area contributed by atoms with E-state index in [0.29, 0.717) is 0 Å². The van der Waals surface area contributed by atoms with E-state index >= 15 is 0 Å². The number of fused-ring (bicyclic) bond motifs is 1. The molecule has 0 spiro atoms. The summed E-state index contributed by atoms with van der Waals surface area (Å²) in [7, 11) is 4.04. The van der Waals surface area contributed by atoms with Gasteiger partial charge in [-0.2, -0.15) is 26.3 Å². The van der Waals surface area contributed by atoms with E-state index < -0.39 is 24.3 Å². The molecule has 2 N–H and O–H groups in total. The number of alkyl halides is 6. The number of aliphatic carboxylic acids is 2. The van der Waals surface area contributed by atoms with Gasteiger partial charge < -0.3 is 19.7 Å². The second-order valence-electron chi connectivity index (χ2n) is 8.61. The molecule has 1 aliphatic heterocycles. The molecule has 2 heterocycles. The summed E-state index contributed by atoms with van der Waals surface area (Å²) in [5.74, 6) is -5.70. The van der Waals surface area contributed by atoms with E-state index in [9.17, 15) is 35.5 Å². The molecule has 0 atom stereocenters. The van der Waals surface area contributed by atoms with Crippen LogP contribution in [-0.4, -0.2) is 82.6 Å². The predicted molar refractivity (Wildman–Crippen MR) is 126 cm³/mol. The van der Waals surface area contributed by atoms with Crippen LogP contribution in [0.15, 0.2) is 41.2 Å². The summed E-state index contributed by atoms with van der Waals surface area (Å²) in [6.07, 6.45) is -8.39. The van der Waals surface area contributed by atoms with Crippen LogP contribution < -0.4 is 5.56 Å². The molecule has 1 aliphatic rings. The fraction of sp³-hybridized carbons (Fsp3) is 0.458. The quantitative estimate of drug-likeness (QED) is 0.531. The number of halogens is 7. The summed E-state index contributed by atoms with van der Waals surface area (Å²) in [5, 5.41) is 14.2. The van der Waals surface area contributed by atoms with Gasteiger partial charge in [-0.05, 0) is 43.8 Å². The molecule has 0 saturated carbocycles. The average molecular weight is 571 g/mol. The third kappa shape index (κ3) is 12.3. The number of carboxylic acid groups (broad SMARTS) is 2. The maximum Gasteiger partial charge on any atom is 0.490 e. The highest BCUT2D eigenvalue weighted by Crippen LogP contribution is 2.17.